The normalized spacial score (nSPS) is 23.2. The summed E-state index contributed by atoms with van der Waals surface area (Å²) in [7, 11) is 1.65. The lowest BCUT2D eigenvalue weighted by molar-refractivity contribution is -0.486. The topological polar surface area (TPSA) is 92.9 Å². The third kappa shape index (κ3) is 2.09. The van der Waals surface area contributed by atoms with Crippen LogP contribution in [0.25, 0.3) is 0 Å². The molecule has 0 aliphatic carbocycles. The Balaban J connectivity index is 2.20. The predicted molar refractivity (Wildman–Crippen MR) is 56.1 cm³/mol. The molecule has 0 radical (unpaired) electrons. The Labute approximate surface area is 94.7 Å². The quantitative estimate of drug-likeness (QED) is 0.589. The second-order valence-electron chi connectivity index (χ2n) is 2.98. The molecule has 0 spiro atoms. The monoisotopic (exact) mass is 243 g/mol. The maximum absolute atomic E-state index is 10.3. The molecule has 1 aromatic rings. The molecule has 1 aliphatic rings. The van der Waals surface area contributed by atoms with Gasteiger partial charge in [-0.25, -0.2) is 15.1 Å². The Morgan fingerprint density at radius 1 is 1.88 bits per heavy atom. The van der Waals surface area contributed by atoms with Gasteiger partial charge in [-0.15, -0.1) is 11.3 Å². The van der Waals surface area contributed by atoms with E-state index in [1.54, 1.807) is 13.2 Å². The van der Waals surface area contributed by atoms with E-state index in [1.807, 2.05) is 5.38 Å². The van der Waals surface area contributed by atoms with Crippen molar-refractivity contribution in [2.45, 2.75) is 6.23 Å². The smallest absolute Gasteiger partial charge is 0.275 e. The maximum Gasteiger partial charge on any atom is 0.275 e. The van der Waals surface area contributed by atoms with Crippen molar-refractivity contribution in [2.75, 3.05) is 13.8 Å². The number of thiazole rings is 1. The summed E-state index contributed by atoms with van der Waals surface area (Å²) >= 11 is 1.42. The molecule has 8 nitrogen and oxygen atoms in total. The Morgan fingerprint density at radius 3 is 3.31 bits per heavy atom. The highest BCUT2D eigenvalue weighted by Gasteiger charge is 2.29. The van der Waals surface area contributed by atoms with Crippen molar-refractivity contribution < 1.29 is 9.77 Å². The van der Waals surface area contributed by atoms with E-state index in [0.29, 0.717) is 0 Å². The highest BCUT2D eigenvalue weighted by Crippen LogP contribution is 2.24. The second kappa shape index (κ2) is 4.41. The largest absolute Gasteiger partial charge is 0.331 e. The molecule has 1 atom stereocenters. The zero-order chi connectivity index (χ0) is 11.5. The minimum atomic E-state index is -0.747. The van der Waals surface area contributed by atoms with E-state index in [2.05, 4.69) is 15.4 Å². The third-order valence-corrected chi connectivity index (χ3v) is 2.80. The van der Waals surface area contributed by atoms with Crippen molar-refractivity contribution >= 4 is 17.3 Å². The van der Waals surface area contributed by atoms with Gasteiger partial charge in [0.25, 0.3) is 5.96 Å². The summed E-state index contributed by atoms with van der Waals surface area (Å²) in [5, 5.41) is 18.0. The van der Waals surface area contributed by atoms with Gasteiger partial charge in [0.1, 0.15) is 16.8 Å². The number of aromatic nitrogens is 1. The zero-order valence-electron chi connectivity index (χ0n) is 8.36. The first-order valence-electron chi connectivity index (χ1n) is 4.39. The Kier molecular flexibility index (Phi) is 2.97. The van der Waals surface area contributed by atoms with E-state index in [1.165, 1.54) is 16.2 Å². The summed E-state index contributed by atoms with van der Waals surface area (Å²) in [6, 6.07) is 0. The van der Waals surface area contributed by atoms with Crippen molar-refractivity contribution in [1.82, 2.24) is 15.2 Å². The first kappa shape index (κ1) is 10.8. The first-order chi connectivity index (χ1) is 7.68. The molecule has 1 N–H and O–H groups in total. The van der Waals surface area contributed by atoms with Crippen molar-refractivity contribution in [3.05, 3.63) is 26.7 Å². The molecule has 0 saturated carbocycles. The van der Waals surface area contributed by atoms with Gasteiger partial charge in [0.2, 0.25) is 0 Å². The van der Waals surface area contributed by atoms with Gasteiger partial charge in [-0.05, 0) is 0 Å². The number of hydrogen-bond donors (Lipinski definition) is 1. The molecule has 16 heavy (non-hydrogen) atoms. The van der Waals surface area contributed by atoms with Crippen molar-refractivity contribution in [1.29, 1.82) is 0 Å². The van der Waals surface area contributed by atoms with Gasteiger partial charge in [-0.2, -0.15) is 0 Å². The van der Waals surface area contributed by atoms with Crippen molar-refractivity contribution in [3.8, 4) is 0 Å². The number of nitro groups is 1. The number of hydrogen-bond acceptors (Lipinski definition) is 5. The van der Waals surface area contributed by atoms with Crippen molar-refractivity contribution in [2.24, 2.45) is 5.10 Å². The molecule has 0 bridgehead atoms. The van der Waals surface area contributed by atoms with Gasteiger partial charge in [0.05, 0.1) is 0 Å². The predicted octanol–water partition coefficient (Wildman–Crippen LogP) is 0.198. The van der Waals surface area contributed by atoms with Gasteiger partial charge in [-0.3, -0.25) is 0 Å². The van der Waals surface area contributed by atoms with Crippen LogP contribution >= 0.6 is 11.3 Å². The Morgan fingerprint density at radius 2 is 2.69 bits per heavy atom. The Hall–Kier alpha value is -1.74. The van der Waals surface area contributed by atoms with Crippen LogP contribution in [-0.4, -0.2) is 34.7 Å². The molecule has 1 aliphatic heterocycles. The van der Waals surface area contributed by atoms with Crippen molar-refractivity contribution in [3.63, 3.8) is 0 Å². The number of rotatable bonds is 2. The SMILES string of the molecule is CN1C(=N[N+](=O)[O-])NCOC1c1nccs1. The van der Waals surface area contributed by atoms with Crippen LogP contribution in [-0.2, 0) is 4.74 Å². The van der Waals surface area contributed by atoms with E-state index < -0.39 is 11.3 Å². The van der Waals surface area contributed by atoms with Gasteiger partial charge in [0, 0.05) is 18.6 Å². The molecule has 0 aromatic carbocycles. The number of hydrazone groups is 1. The summed E-state index contributed by atoms with van der Waals surface area (Å²) in [6.07, 6.45) is 1.23. The van der Waals surface area contributed by atoms with E-state index in [9.17, 15) is 10.1 Å². The second-order valence-corrected chi connectivity index (χ2v) is 3.91. The molecule has 9 heteroatoms. The molecule has 2 heterocycles. The number of ether oxygens (including phenoxy) is 1. The molecule has 1 fully saturated rings. The average Bonchev–Trinajstić information content (AvgIpc) is 2.73. The summed E-state index contributed by atoms with van der Waals surface area (Å²) in [6.45, 7) is 0.168. The molecule has 1 unspecified atom stereocenters. The summed E-state index contributed by atoms with van der Waals surface area (Å²) in [4.78, 5) is 15.9. The molecule has 2 rings (SSSR count). The van der Waals surface area contributed by atoms with E-state index in [0.717, 1.165) is 5.01 Å². The highest BCUT2D eigenvalue weighted by molar-refractivity contribution is 7.09. The fraction of sp³-hybridized carbons (Fsp3) is 0.429. The minimum absolute atomic E-state index is 0.163. The third-order valence-electron chi connectivity index (χ3n) is 2.00. The van der Waals surface area contributed by atoms with E-state index in [4.69, 9.17) is 4.74 Å². The maximum atomic E-state index is 10.3. The van der Waals surface area contributed by atoms with Crippen LogP contribution in [0, 0.1) is 10.1 Å². The fourth-order valence-electron chi connectivity index (χ4n) is 1.31. The number of nitrogens with zero attached hydrogens (tertiary/aromatic N) is 4. The minimum Gasteiger partial charge on any atom is -0.331 e. The highest BCUT2D eigenvalue weighted by atomic mass is 32.1. The molecule has 1 aromatic heterocycles. The van der Waals surface area contributed by atoms with Crippen LogP contribution in [0.1, 0.15) is 11.2 Å². The lowest BCUT2D eigenvalue weighted by Crippen LogP contribution is -2.48. The van der Waals surface area contributed by atoms with Crippen LogP contribution in [0.4, 0.5) is 0 Å². The number of guanidine groups is 1. The van der Waals surface area contributed by atoms with Gasteiger partial charge in [-0.1, -0.05) is 0 Å². The molecule has 0 amide bonds. The molecular weight excluding hydrogens is 234 g/mol. The van der Waals surface area contributed by atoms with E-state index >= 15 is 0 Å². The first-order valence-corrected chi connectivity index (χ1v) is 5.27. The van der Waals surface area contributed by atoms with Gasteiger partial charge in [0.15, 0.2) is 11.3 Å². The zero-order valence-corrected chi connectivity index (χ0v) is 9.18. The number of nitrogens with one attached hydrogen (secondary N) is 1. The molecule has 86 valence electrons. The molecular formula is C7H9N5O3S. The molecule has 1 saturated heterocycles. The van der Waals surface area contributed by atoms with Crippen LogP contribution < -0.4 is 5.32 Å². The van der Waals surface area contributed by atoms with Gasteiger partial charge < -0.3 is 15.0 Å². The summed E-state index contributed by atoms with van der Waals surface area (Å²) in [5.41, 5.74) is 0. The Bertz CT molecular complexity index is 406. The van der Waals surface area contributed by atoms with Crippen LogP contribution in [0.5, 0.6) is 0 Å². The van der Waals surface area contributed by atoms with Crippen LogP contribution in [0.3, 0.4) is 0 Å². The standard InChI is InChI=1S/C7H9N5O3S/c1-11-6(5-8-2-3-16-5)15-4-9-7(11)10-12(13)14/h2-3,6H,4H2,1H3,(H,9,10). The lowest BCUT2D eigenvalue weighted by atomic mass is 10.5. The fourth-order valence-corrected chi connectivity index (χ4v) is 2.03. The lowest BCUT2D eigenvalue weighted by Gasteiger charge is -2.32. The van der Waals surface area contributed by atoms with Crippen LogP contribution in [0.15, 0.2) is 16.7 Å². The van der Waals surface area contributed by atoms with E-state index in [-0.39, 0.29) is 12.7 Å². The summed E-state index contributed by atoms with van der Waals surface area (Å²) in [5.74, 6) is 0.163. The summed E-state index contributed by atoms with van der Waals surface area (Å²) < 4.78 is 5.41. The van der Waals surface area contributed by atoms with Gasteiger partial charge >= 0.3 is 0 Å². The average molecular weight is 243 g/mol. The van der Waals surface area contributed by atoms with Crippen LogP contribution in [0.2, 0.25) is 0 Å².